The minimum Gasteiger partial charge on any atom is -0.375 e. The smallest absolute Gasteiger partial charge is 0.255 e. The molecule has 1 unspecified atom stereocenters. The van der Waals surface area contributed by atoms with Gasteiger partial charge in [0.25, 0.3) is 11.8 Å². The van der Waals surface area contributed by atoms with Crippen molar-refractivity contribution < 1.29 is 14.3 Å². The Kier molecular flexibility index (Phi) is 5.44. The first-order valence-electron chi connectivity index (χ1n) is 9.66. The number of anilines is 1. The Morgan fingerprint density at radius 1 is 1.00 bits per heavy atom. The van der Waals surface area contributed by atoms with Crippen LogP contribution in [0.2, 0.25) is 0 Å². The van der Waals surface area contributed by atoms with Crippen LogP contribution in [0.1, 0.15) is 27.6 Å². The molecule has 2 aromatic carbocycles. The lowest BCUT2D eigenvalue weighted by molar-refractivity contribution is -0.0124. The summed E-state index contributed by atoms with van der Waals surface area (Å²) in [6.45, 7) is 3.65. The minimum absolute atomic E-state index is 0.0325. The number of nitrogens with zero attached hydrogens (tertiary/aromatic N) is 2. The van der Waals surface area contributed by atoms with Crippen molar-refractivity contribution in [2.24, 2.45) is 0 Å². The molecule has 0 bridgehead atoms. The number of benzene rings is 2. The van der Waals surface area contributed by atoms with Gasteiger partial charge in [-0.05, 0) is 61.5 Å². The topological polar surface area (TPSA) is 63.6 Å². The Balaban J connectivity index is 1.44. The van der Waals surface area contributed by atoms with Crippen molar-refractivity contribution in [1.29, 1.82) is 0 Å². The third-order valence-electron chi connectivity index (χ3n) is 4.93. The molecule has 1 atom stereocenters. The van der Waals surface area contributed by atoms with Crippen molar-refractivity contribution in [3.05, 3.63) is 84.2 Å². The number of hydrogen-bond acceptors (Lipinski definition) is 3. The van der Waals surface area contributed by atoms with E-state index in [2.05, 4.69) is 5.32 Å². The number of hydrogen-bond donors (Lipinski definition) is 1. The maximum Gasteiger partial charge on any atom is 0.255 e. The molecule has 2 amide bonds. The molecule has 3 aromatic rings. The van der Waals surface area contributed by atoms with Crippen molar-refractivity contribution in [3.8, 4) is 5.69 Å². The number of ether oxygens (including phenoxy) is 1. The van der Waals surface area contributed by atoms with Gasteiger partial charge in [-0.3, -0.25) is 9.59 Å². The van der Waals surface area contributed by atoms with Crippen molar-refractivity contribution in [2.45, 2.75) is 13.0 Å². The summed E-state index contributed by atoms with van der Waals surface area (Å²) in [5.41, 5.74) is 2.69. The van der Waals surface area contributed by atoms with Crippen molar-refractivity contribution >= 4 is 17.5 Å². The summed E-state index contributed by atoms with van der Waals surface area (Å²) in [5.74, 6) is -0.263. The molecule has 1 saturated heterocycles. The summed E-state index contributed by atoms with van der Waals surface area (Å²) < 4.78 is 7.47. The average molecular weight is 389 g/mol. The predicted molar refractivity (Wildman–Crippen MR) is 111 cm³/mol. The highest BCUT2D eigenvalue weighted by Crippen LogP contribution is 2.17. The zero-order valence-corrected chi connectivity index (χ0v) is 16.2. The Morgan fingerprint density at radius 2 is 1.76 bits per heavy atom. The van der Waals surface area contributed by atoms with Crippen LogP contribution >= 0.6 is 0 Å². The number of amides is 2. The fourth-order valence-corrected chi connectivity index (χ4v) is 3.41. The Hall–Kier alpha value is -3.38. The van der Waals surface area contributed by atoms with E-state index in [9.17, 15) is 9.59 Å². The van der Waals surface area contributed by atoms with Gasteiger partial charge in [-0.2, -0.15) is 0 Å². The maximum absolute atomic E-state index is 12.8. The van der Waals surface area contributed by atoms with E-state index >= 15 is 0 Å². The number of carbonyl (C=O) groups excluding carboxylic acids is 2. The van der Waals surface area contributed by atoms with Crippen LogP contribution in [-0.4, -0.2) is 47.1 Å². The van der Waals surface area contributed by atoms with E-state index in [-0.39, 0.29) is 17.9 Å². The monoisotopic (exact) mass is 389 g/mol. The van der Waals surface area contributed by atoms with Gasteiger partial charge in [0.1, 0.15) is 0 Å². The molecule has 1 aromatic heterocycles. The van der Waals surface area contributed by atoms with E-state index in [1.54, 1.807) is 41.3 Å². The van der Waals surface area contributed by atoms with Gasteiger partial charge >= 0.3 is 0 Å². The largest absolute Gasteiger partial charge is 0.375 e. The average Bonchev–Trinajstić information content (AvgIpc) is 3.28. The van der Waals surface area contributed by atoms with Crippen molar-refractivity contribution in [2.75, 3.05) is 25.0 Å². The van der Waals surface area contributed by atoms with Gasteiger partial charge in [0.15, 0.2) is 0 Å². The lowest BCUT2D eigenvalue weighted by Crippen LogP contribution is -2.44. The van der Waals surface area contributed by atoms with Gasteiger partial charge in [-0.25, -0.2) is 0 Å². The van der Waals surface area contributed by atoms with Gasteiger partial charge in [0, 0.05) is 48.0 Å². The Labute approximate surface area is 169 Å². The van der Waals surface area contributed by atoms with Gasteiger partial charge in [0.05, 0.1) is 12.7 Å². The van der Waals surface area contributed by atoms with Gasteiger partial charge in [-0.15, -0.1) is 0 Å². The lowest BCUT2D eigenvalue weighted by atomic mass is 10.1. The molecule has 2 heterocycles. The zero-order valence-electron chi connectivity index (χ0n) is 16.2. The second-order valence-electron chi connectivity index (χ2n) is 7.10. The molecule has 4 rings (SSSR count). The summed E-state index contributed by atoms with van der Waals surface area (Å²) in [4.78, 5) is 27.2. The number of morpholine rings is 1. The summed E-state index contributed by atoms with van der Waals surface area (Å²) in [6, 6.07) is 18.3. The van der Waals surface area contributed by atoms with E-state index in [4.69, 9.17) is 4.74 Å². The second kappa shape index (κ2) is 8.32. The van der Waals surface area contributed by atoms with Crippen LogP contribution in [-0.2, 0) is 4.74 Å². The first kappa shape index (κ1) is 19.0. The standard InChI is InChI=1S/C23H23N3O3/c1-17-16-26(13-14-29-17)23(28)19-5-4-6-20(15-19)24-22(27)18-7-9-21(10-8-18)25-11-2-3-12-25/h2-12,15,17H,13-14,16H2,1H3,(H,24,27). The highest BCUT2D eigenvalue weighted by atomic mass is 16.5. The lowest BCUT2D eigenvalue weighted by Gasteiger charge is -2.31. The molecule has 1 aliphatic heterocycles. The first-order valence-corrected chi connectivity index (χ1v) is 9.66. The van der Waals surface area contributed by atoms with Crippen LogP contribution in [0.25, 0.3) is 5.69 Å². The van der Waals surface area contributed by atoms with Gasteiger partial charge in [0.2, 0.25) is 0 Å². The molecule has 0 spiro atoms. The molecular weight excluding hydrogens is 366 g/mol. The van der Waals surface area contributed by atoms with E-state index in [1.165, 1.54) is 0 Å². The molecule has 6 heteroatoms. The maximum atomic E-state index is 12.8. The Morgan fingerprint density at radius 3 is 2.48 bits per heavy atom. The number of carbonyl (C=O) groups is 2. The minimum atomic E-state index is -0.214. The molecular formula is C23H23N3O3. The first-order chi connectivity index (χ1) is 14.1. The molecule has 1 N–H and O–H groups in total. The van der Waals surface area contributed by atoms with E-state index in [0.717, 1.165) is 5.69 Å². The molecule has 29 heavy (non-hydrogen) atoms. The normalized spacial score (nSPS) is 16.4. The fourth-order valence-electron chi connectivity index (χ4n) is 3.41. The van der Waals surface area contributed by atoms with Crippen LogP contribution in [0.4, 0.5) is 5.69 Å². The summed E-state index contributed by atoms with van der Waals surface area (Å²) in [6.07, 6.45) is 3.93. The van der Waals surface area contributed by atoms with E-state index in [0.29, 0.717) is 36.5 Å². The number of rotatable bonds is 4. The zero-order chi connectivity index (χ0) is 20.2. The van der Waals surface area contributed by atoms with Crippen LogP contribution in [0.15, 0.2) is 73.1 Å². The molecule has 1 fully saturated rings. The summed E-state index contributed by atoms with van der Waals surface area (Å²) in [5, 5.41) is 2.88. The third kappa shape index (κ3) is 4.38. The molecule has 1 aliphatic rings. The quantitative estimate of drug-likeness (QED) is 0.742. The van der Waals surface area contributed by atoms with Crippen LogP contribution < -0.4 is 5.32 Å². The van der Waals surface area contributed by atoms with Crippen molar-refractivity contribution in [3.63, 3.8) is 0 Å². The molecule has 0 aliphatic carbocycles. The predicted octanol–water partition coefficient (Wildman–Crippen LogP) is 3.59. The molecule has 0 radical (unpaired) electrons. The van der Waals surface area contributed by atoms with Gasteiger partial charge < -0.3 is 19.5 Å². The van der Waals surface area contributed by atoms with E-state index in [1.807, 2.05) is 48.1 Å². The summed E-state index contributed by atoms with van der Waals surface area (Å²) >= 11 is 0. The fraction of sp³-hybridized carbons (Fsp3) is 0.217. The van der Waals surface area contributed by atoms with Crippen LogP contribution in [0.5, 0.6) is 0 Å². The second-order valence-corrected chi connectivity index (χ2v) is 7.10. The SMILES string of the molecule is CC1CN(C(=O)c2cccc(NC(=O)c3ccc(-n4cccc4)cc3)c2)CCO1. The Bertz CT molecular complexity index is 996. The van der Waals surface area contributed by atoms with Crippen LogP contribution in [0, 0.1) is 0 Å². The highest BCUT2D eigenvalue weighted by molar-refractivity contribution is 6.05. The van der Waals surface area contributed by atoms with Crippen molar-refractivity contribution in [1.82, 2.24) is 9.47 Å². The number of aromatic nitrogens is 1. The van der Waals surface area contributed by atoms with Gasteiger partial charge in [-0.1, -0.05) is 6.07 Å². The molecule has 0 saturated carbocycles. The summed E-state index contributed by atoms with van der Waals surface area (Å²) in [7, 11) is 0. The highest BCUT2D eigenvalue weighted by Gasteiger charge is 2.22. The molecule has 148 valence electrons. The number of nitrogens with one attached hydrogen (secondary N) is 1. The van der Waals surface area contributed by atoms with Crippen LogP contribution in [0.3, 0.4) is 0 Å². The molecule has 6 nitrogen and oxygen atoms in total. The van der Waals surface area contributed by atoms with E-state index < -0.39 is 0 Å². The third-order valence-corrected chi connectivity index (χ3v) is 4.93.